The first-order valence-electron chi connectivity index (χ1n) is 10.1. The van der Waals surface area contributed by atoms with Gasteiger partial charge < -0.3 is 9.15 Å². The van der Waals surface area contributed by atoms with Crippen molar-refractivity contribution in [1.82, 2.24) is 0 Å². The first kappa shape index (κ1) is 20.4. The highest BCUT2D eigenvalue weighted by Gasteiger charge is 2.20. The van der Waals surface area contributed by atoms with Gasteiger partial charge in [-0.2, -0.15) is 0 Å². The molecule has 0 aliphatic carbocycles. The Morgan fingerprint density at radius 1 is 0.935 bits per heavy atom. The normalized spacial score (nSPS) is 11.2. The Balaban J connectivity index is 1.89. The predicted octanol–water partition coefficient (Wildman–Crippen LogP) is 6.19. The van der Waals surface area contributed by atoms with E-state index in [0.29, 0.717) is 28.7 Å². The molecule has 0 aliphatic rings. The molecule has 154 valence electrons. The Morgan fingerprint density at radius 2 is 1.68 bits per heavy atom. The van der Waals surface area contributed by atoms with Crippen molar-refractivity contribution < 1.29 is 13.9 Å². The van der Waals surface area contributed by atoms with E-state index < -0.39 is 0 Å². The van der Waals surface area contributed by atoms with E-state index in [9.17, 15) is 9.59 Å². The Kier molecular flexibility index (Phi) is 5.80. The SMILES string of the molecule is CC(C)=CCOc1ccc2c(=O)c3ccccc3oc2c1C(=O)/C=C/c1ccccc1. The average molecular weight is 410 g/mol. The van der Waals surface area contributed by atoms with Gasteiger partial charge in [-0.3, -0.25) is 9.59 Å². The van der Waals surface area contributed by atoms with Crippen LogP contribution >= 0.6 is 0 Å². The van der Waals surface area contributed by atoms with Gasteiger partial charge in [-0.15, -0.1) is 0 Å². The van der Waals surface area contributed by atoms with Gasteiger partial charge in [-0.25, -0.2) is 0 Å². The monoisotopic (exact) mass is 410 g/mol. The smallest absolute Gasteiger partial charge is 0.200 e. The van der Waals surface area contributed by atoms with Gasteiger partial charge >= 0.3 is 0 Å². The summed E-state index contributed by atoms with van der Waals surface area (Å²) in [6.07, 6.45) is 5.14. The highest BCUT2D eigenvalue weighted by Crippen LogP contribution is 2.30. The van der Waals surface area contributed by atoms with E-state index in [-0.39, 0.29) is 22.4 Å². The summed E-state index contributed by atoms with van der Waals surface area (Å²) in [5.41, 5.74) is 2.75. The molecule has 0 radical (unpaired) electrons. The number of carbonyl (C=O) groups excluding carboxylic acids is 1. The van der Waals surface area contributed by atoms with Crippen molar-refractivity contribution in [3.05, 3.63) is 106 Å². The highest BCUT2D eigenvalue weighted by atomic mass is 16.5. The van der Waals surface area contributed by atoms with Crippen LogP contribution in [0.2, 0.25) is 0 Å². The molecule has 4 heteroatoms. The number of ketones is 1. The fraction of sp³-hybridized carbons (Fsp3) is 0.111. The quantitative estimate of drug-likeness (QED) is 0.165. The van der Waals surface area contributed by atoms with E-state index in [4.69, 9.17) is 9.15 Å². The minimum absolute atomic E-state index is 0.172. The van der Waals surface area contributed by atoms with Crippen LogP contribution in [-0.2, 0) is 0 Å². The van der Waals surface area contributed by atoms with Crippen LogP contribution in [0.4, 0.5) is 0 Å². The lowest BCUT2D eigenvalue weighted by Gasteiger charge is -2.11. The summed E-state index contributed by atoms with van der Waals surface area (Å²) in [6, 6.07) is 19.9. The molecule has 0 bridgehead atoms. The molecule has 0 fully saturated rings. The molecular weight excluding hydrogens is 388 g/mol. The van der Waals surface area contributed by atoms with Crippen molar-refractivity contribution in [2.24, 2.45) is 0 Å². The van der Waals surface area contributed by atoms with Crippen LogP contribution < -0.4 is 10.2 Å². The Labute approximate surface area is 180 Å². The van der Waals surface area contributed by atoms with E-state index in [1.165, 1.54) is 6.08 Å². The van der Waals surface area contributed by atoms with Crippen LogP contribution in [0.3, 0.4) is 0 Å². The Hall–Kier alpha value is -3.92. The van der Waals surface area contributed by atoms with E-state index in [2.05, 4.69) is 0 Å². The van der Waals surface area contributed by atoms with Crippen molar-refractivity contribution in [1.29, 1.82) is 0 Å². The van der Waals surface area contributed by atoms with Crippen molar-refractivity contribution in [3.63, 3.8) is 0 Å². The molecule has 1 heterocycles. The Morgan fingerprint density at radius 3 is 2.45 bits per heavy atom. The predicted molar refractivity (Wildman–Crippen MR) is 125 cm³/mol. The molecule has 4 rings (SSSR count). The fourth-order valence-electron chi connectivity index (χ4n) is 3.32. The zero-order valence-electron chi connectivity index (χ0n) is 17.4. The zero-order valence-corrected chi connectivity index (χ0v) is 17.4. The summed E-state index contributed by atoms with van der Waals surface area (Å²) in [4.78, 5) is 26.3. The molecule has 3 aromatic carbocycles. The van der Waals surface area contributed by atoms with E-state index >= 15 is 0 Å². The maximum Gasteiger partial charge on any atom is 0.200 e. The average Bonchev–Trinajstić information content (AvgIpc) is 2.78. The second-order valence-electron chi connectivity index (χ2n) is 7.44. The van der Waals surface area contributed by atoms with Crippen LogP contribution in [-0.4, -0.2) is 12.4 Å². The number of benzene rings is 3. The number of rotatable bonds is 6. The lowest BCUT2D eigenvalue weighted by Crippen LogP contribution is -2.08. The first-order chi connectivity index (χ1) is 15.0. The topological polar surface area (TPSA) is 56.5 Å². The maximum absolute atomic E-state index is 13.3. The summed E-state index contributed by atoms with van der Waals surface area (Å²) in [6.45, 7) is 4.27. The zero-order chi connectivity index (χ0) is 21.8. The van der Waals surface area contributed by atoms with Crippen LogP contribution in [0.5, 0.6) is 5.75 Å². The molecule has 4 aromatic rings. The third-order valence-electron chi connectivity index (χ3n) is 4.91. The van der Waals surface area contributed by atoms with Gasteiger partial charge in [0.05, 0.1) is 10.8 Å². The molecule has 0 atom stereocenters. The number of allylic oxidation sites excluding steroid dienone is 2. The van der Waals surface area contributed by atoms with Crippen LogP contribution in [0.25, 0.3) is 28.0 Å². The summed E-state index contributed by atoms with van der Waals surface area (Å²) in [7, 11) is 0. The number of ether oxygens (including phenoxy) is 1. The molecule has 0 saturated heterocycles. The molecule has 0 N–H and O–H groups in total. The lowest BCUT2D eigenvalue weighted by atomic mass is 10.0. The molecule has 0 spiro atoms. The van der Waals surface area contributed by atoms with E-state index in [1.807, 2.05) is 50.3 Å². The molecule has 1 aromatic heterocycles. The maximum atomic E-state index is 13.3. The Bertz CT molecular complexity index is 1370. The van der Waals surface area contributed by atoms with Gasteiger partial charge in [0.1, 0.15) is 23.5 Å². The molecular formula is C27H22O4. The minimum Gasteiger partial charge on any atom is -0.489 e. The summed E-state index contributed by atoms with van der Waals surface area (Å²) in [5, 5.41) is 0.830. The van der Waals surface area contributed by atoms with Crippen LogP contribution in [0.15, 0.2) is 93.7 Å². The van der Waals surface area contributed by atoms with Gasteiger partial charge in [0.25, 0.3) is 0 Å². The van der Waals surface area contributed by atoms with Crippen molar-refractivity contribution in [2.45, 2.75) is 13.8 Å². The van der Waals surface area contributed by atoms with Gasteiger partial charge in [0.15, 0.2) is 11.4 Å². The lowest BCUT2D eigenvalue weighted by molar-refractivity contribution is 0.104. The van der Waals surface area contributed by atoms with Gasteiger partial charge in [-0.05, 0) is 55.8 Å². The molecule has 0 unspecified atom stereocenters. The first-order valence-corrected chi connectivity index (χ1v) is 10.1. The van der Waals surface area contributed by atoms with Gasteiger partial charge in [0.2, 0.25) is 5.43 Å². The number of hydrogen-bond donors (Lipinski definition) is 0. The summed E-state index contributed by atoms with van der Waals surface area (Å²) >= 11 is 0. The number of para-hydroxylation sites is 1. The molecule has 0 aliphatic heterocycles. The third-order valence-corrected chi connectivity index (χ3v) is 4.91. The molecule has 31 heavy (non-hydrogen) atoms. The number of fused-ring (bicyclic) bond motifs is 2. The number of hydrogen-bond acceptors (Lipinski definition) is 4. The van der Waals surface area contributed by atoms with Gasteiger partial charge in [0, 0.05) is 0 Å². The van der Waals surface area contributed by atoms with Crippen LogP contribution in [0.1, 0.15) is 29.8 Å². The van der Waals surface area contributed by atoms with Gasteiger partial charge in [-0.1, -0.05) is 54.1 Å². The largest absolute Gasteiger partial charge is 0.489 e. The highest BCUT2D eigenvalue weighted by molar-refractivity contribution is 6.16. The second kappa shape index (κ2) is 8.84. The fourth-order valence-corrected chi connectivity index (χ4v) is 3.32. The van der Waals surface area contributed by atoms with Crippen molar-refractivity contribution >= 4 is 33.8 Å². The summed E-state index contributed by atoms with van der Waals surface area (Å²) in [5.74, 6) is 0.0891. The van der Waals surface area contributed by atoms with Crippen molar-refractivity contribution in [3.8, 4) is 5.75 Å². The van der Waals surface area contributed by atoms with Crippen LogP contribution in [0, 0.1) is 0 Å². The minimum atomic E-state index is -0.292. The van der Waals surface area contributed by atoms with E-state index in [0.717, 1.165) is 11.1 Å². The number of carbonyl (C=O) groups is 1. The molecule has 0 amide bonds. The third kappa shape index (κ3) is 4.33. The second-order valence-corrected chi connectivity index (χ2v) is 7.44. The van der Waals surface area contributed by atoms with Crippen molar-refractivity contribution in [2.75, 3.05) is 6.61 Å². The van der Waals surface area contributed by atoms with E-state index in [1.54, 1.807) is 42.5 Å². The summed E-state index contributed by atoms with van der Waals surface area (Å²) < 4.78 is 11.9. The standard InChI is InChI=1S/C27H22O4/c1-18(2)16-17-30-24-15-13-21-26(29)20-10-6-7-11-23(20)31-27(21)25(24)22(28)14-12-19-8-4-3-5-9-19/h3-16H,17H2,1-2H3/b14-12+. The molecule has 0 saturated carbocycles. The molecule has 4 nitrogen and oxygen atoms in total.